The zero-order chi connectivity index (χ0) is 11.1. The van der Waals surface area contributed by atoms with Crippen molar-refractivity contribution in [2.75, 3.05) is 13.4 Å². The third-order valence-corrected chi connectivity index (χ3v) is 1.81. The number of ether oxygens (including phenoxy) is 2. The van der Waals surface area contributed by atoms with E-state index in [2.05, 4.69) is 0 Å². The monoisotopic (exact) mass is 209 g/mol. The Morgan fingerprint density at radius 1 is 1.33 bits per heavy atom. The van der Waals surface area contributed by atoms with Crippen molar-refractivity contribution in [3.63, 3.8) is 0 Å². The summed E-state index contributed by atoms with van der Waals surface area (Å²) in [6, 6.07) is 7.20. The number of carbonyl (C=O) groups is 1. The van der Waals surface area contributed by atoms with Gasteiger partial charge >= 0.3 is 0 Å². The van der Waals surface area contributed by atoms with Crippen molar-refractivity contribution in [3.8, 4) is 5.75 Å². The van der Waals surface area contributed by atoms with E-state index in [1.807, 2.05) is 19.1 Å². The van der Waals surface area contributed by atoms with Crippen LogP contribution in [0.15, 0.2) is 24.3 Å². The molecule has 2 N–H and O–H groups in total. The molecule has 0 aromatic heterocycles. The number of rotatable bonds is 6. The van der Waals surface area contributed by atoms with E-state index in [0.29, 0.717) is 6.61 Å². The van der Waals surface area contributed by atoms with Gasteiger partial charge in [0, 0.05) is 6.61 Å². The molecule has 0 spiro atoms. The summed E-state index contributed by atoms with van der Waals surface area (Å²) in [4.78, 5) is 10.6. The molecule has 1 amide bonds. The number of hydrogen-bond acceptors (Lipinski definition) is 3. The van der Waals surface area contributed by atoms with Crippen LogP contribution in [0.2, 0.25) is 0 Å². The molecule has 82 valence electrons. The Bertz CT molecular complexity index is 308. The average molecular weight is 209 g/mol. The first-order valence-corrected chi connectivity index (χ1v) is 4.80. The van der Waals surface area contributed by atoms with Crippen LogP contribution in [0, 0.1) is 0 Å². The normalized spacial score (nSPS) is 9.93. The Kier molecular flexibility index (Phi) is 4.63. The van der Waals surface area contributed by atoms with E-state index in [-0.39, 0.29) is 19.1 Å². The second kappa shape index (κ2) is 6.03. The van der Waals surface area contributed by atoms with Crippen LogP contribution < -0.4 is 10.5 Å². The lowest BCUT2D eigenvalue weighted by molar-refractivity contribution is -0.117. The first-order chi connectivity index (χ1) is 7.22. The zero-order valence-corrected chi connectivity index (χ0v) is 8.73. The fourth-order valence-corrected chi connectivity index (χ4v) is 1.10. The maximum Gasteiger partial charge on any atom is 0.221 e. The highest BCUT2D eigenvalue weighted by Crippen LogP contribution is 2.12. The SMILES string of the molecule is CCOCOc1ccc(CC(N)=O)cc1. The summed E-state index contributed by atoms with van der Waals surface area (Å²) in [6.07, 6.45) is 0.256. The van der Waals surface area contributed by atoms with Crippen LogP contribution >= 0.6 is 0 Å². The standard InChI is InChI=1S/C11H15NO3/c1-2-14-8-15-10-5-3-9(4-6-10)7-11(12)13/h3-6H,2,7-8H2,1H3,(H2,12,13). The van der Waals surface area contributed by atoms with Crippen LogP contribution in [0.25, 0.3) is 0 Å². The molecule has 0 saturated heterocycles. The number of primary amides is 1. The minimum atomic E-state index is -0.335. The van der Waals surface area contributed by atoms with Gasteiger partial charge in [-0.15, -0.1) is 0 Å². The Hall–Kier alpha value is -1.55. The number of benzene rings is 1. The molecule has 15 heavy (non-hydrogen) atoms. The summed E-state index contributed by atoms with van der Waals surface area (Å²) in [5.74, 6) is 0.384. The highest BCUT2D eigenvalue weighted by molar-refractivity contribution is 5.76. The predicted octanol–water partition coefficient (Wildman–Crippen LogP) is 1.09. The van der Waals surface area contributed by atoms with Crippen LogP contribution in [0.5, 0.6) is 5.75 Å². The summed E-state index contributed by atoms with van der Waals surface area (Å²) < 4.78 is 10.3. The fraction of sp³-hybridized carbons (Fsp3) is 0.364. The van der Waals surface area contributed by atoms with Crippen molar-refractivity contribution in [1.29, 1.82) is 0 Å². The van der Waals surface area contributed by atoms with Crippen LogP contribution in [-0.2, 0) is 16.0 Å². The van der Waals surface area contributed by atoms with E-state index in [0.717, 1.165) is 11.3 Å². The largest absolute Gasteiger partial charge is 0.468 e. The van der Waals surface area contributed by atoms with Crippen molar-refractivity contribution in [1.82, 2.24) is 0 Å². The molecular weight excluding hydrogens is 194 g/mol. The number of nitrogens with two attached hydrogens (primary N) is 1. The van der Waals surface area contributed by atoms with Crippen molar-refractivity contribution in [3.05, 3.63) is 29.8 Å². The van der Waals surface area contributed by atoms with Gasteiger partial charge in [-0.25, -0.2) is 0 Å². The van der Waals surface area contributed by atoms with Gasteiger partial charge in [-0.3, -0.25) is 4.79 Å². The maximum absolute atomic E-state index is 10.6. The van der Waals surface area contributed by atoms with E-state index in [4.69, 9.17) is 15.2 Å². The lowest BCUT2D eigenvalue weighted by atomic mass is 10.1. The lowest BCUT2D eigenvalue weighted by Crippen LogP contribution is -2.13. The lowest BCUT2D eigenvalue weighted by Gasteiger charge is -2.06. The van der Waals surface area contributed by atoms with Gasteiger partial charge in [-0.1, -0.05) is 12.1 Å². The van der Waals surface area contributed by atoms with Crippen molar-refractivity contribution >= 4 is 5.91 Å². The minimum absolute atomic E-state index is 0.242. The molecular formula is C11H15NO3. The molecule has 4 heteroatoms. The van der Waals surface area contributed by atoms with E-state index >= 15 is 0 Å². The third kappa shape index (κ3) is 4.46. The summed E-state index contributed by atoms with van der Waals surface area (Å²) >= 11 is 0. The summed E-state index contributed by atoms with van der Waals surface area (Å²) in [7, 11) is 0. The van der Waals surface area contributed by atoms with Gasteiger partial charge in [0.2, 0.25) is 5.91 Å². The quantitative estimate of drug-likeness (QED) is 0.563. The molecule has 0 radical (unpaired) electrons. The van der Waals surface area contributed by atoms with E-state index in [9.17, 15) is 4.79 Å². The van der Waals surface area contributed by atoms with Gasteiger partial charge in [-0.2, -0.15) is 0 Å². The maximum atomic E-state index is 10.6. The first kappa shape index (κ1) is 11.5. The predicted molar refractivity (Wildman–Crippen MR) is 56.5 cm³/mol. The molecule has 0 unspecified atom stereocenters. The molecule has 0 aliphatic carbocycles. The van der Waals surface area contributed by atoms with E-state index in [1.54, 1.807) is 12.1 Å². The van der Waals surface area contributed by atoms with Gasteiger partial charge in [-0.05, 0) is 24.6 Å². The number of amides is 1. The molecule has 0 aliphatic heterocycles. The molecule has 0 aliphatic rings. The minimum Gasteiger partial charge on any atom is -0.468 e. The van der Waals surface area contributed by atoms with Crippen LogP contribution in [-0.4, -0.2) is 19.3 Å². The molecule has 0 atom stereocenters. The molecule has 0 saturated carbocycles. The molecule has 0 bridgehead atoms. The van der Waals surface area contributed by atoms with Gasteiger partial charge in [0.15, 0.2) is 6.79 Å². The number of carbonyl (C=O) groups excluding carboxylic acids is 1. The second-order valence-corrected chi connectivity index (χ2v) is 3.04. The fourth-order valence-electron chi connectivity index (χ4n) is 1.10. The number of hydrogen-bond donors (Lipinski definition) is 1. The molecule has 1 rings (SSSR count). The Balaban J connectivity index is 2.45. The summed E-state index contributed by atoms with van der Waals surface area (Å²) in [5, 5.41) is 0. The Morgan fingerprint density at radius 2 is 2.00 bits per heavy atom. The molecule has 0 fully saturated rings. The van der Waals surface area contributed by atoms with E-state index < -0.39 is 0 Å². The highest BCUT2D eigenvalue weighted by atomic mass is 16.7. The third-order valence-electron chi connectivity index (χ3n) is 1.81. The molecule has 1 aromatic carbocycles. The van der Waals surface area contributed by atoms with Gasteiger partial charge in [0.25, 0.3) is 0 Å². The second-order valence-electron chi connectivity index (χ2n) is 3.04. The van der Waals surface area contributed by atoms with Crippen LogP contribution in [0.4, 0.5) is 0 Å². The highest BCUT2D eigenvalue weighted by Gasteiger charge is 1.98. The van der Waals surface area contributed by atoms with Gasteiger partial charge in [0.1, 0.15) is 5.75 Å². The topological polar surface area (TPSA) is 61.6 Å². The average Bonchev–Trinajstić information content (AvgIpc) is 2.20. The molecule has 0 heterocycles. The Labute approximate surface area is 89.0 Å². The van der Waals surface area contributed by atoms with Gasteiger partial charge < -0.3 is 15.2 Å². The van der Waals surface area contributed by atoms with Crippen molar-refractivity contribution in [2.24, 2.45) is 5.73 Å². The van der Waals surface area contributed by atoms with Crippen molar-refractivity contribution in [2.45, 2.75) is 13.3 Å². The molecule has 1 aromatic rings. The summed E-state index contributed by atoms with van der Waals surface area (Å²) in [6.45, 7) is 2.77. The van der Waals surface area contributed by atoms with E-state index in [1.165, 1.54) is 0 Å². The Morgan fingerprint density at radius 3 is 2.53 bits per heavy atom. The smallest absolute Gasteiger partial charge is 0.221 e. The summed E-state index contributed by atoms with van der Waals surface area (Å²) in [5.41, 5.74) is 5.95. The first-order valence-electron chi connectivity index (χ1n) is 4.80. The van der Waals surface area contributed by atoms with Crippen molar-refractivity contribution < 1.29 is 14.3 Å². The van der Waals surface area contributed by atoms with Gasteiger partial charge in [0.05, 0.1) is 6.42 Å². The van der Waals surface area contributed by atoms with Crippen LogP contribution in [0.1, 0.15) is 12.5 Å². The molecule has 4 nitrogen and oxygen atoms in total. The zero-order valence-electron chi connectivity index (χ0n) is 8.73. The van der Waals surface area contributed by atoms with Crippen LogP contribution in [0.3, 0.4) is 0 Å².